The lowest BCUT2D eigenvalue weighted by Crippen LogP contribution is -2.43. The Balaban J connectivity index is 1.34. The van der Waals surface area contributed by atoms with Crippen molar-refractivity contribution in [2.45, 2.75) is 37.8 Å². The summed E-state index contributed by atoms with van der Waals surface area (Å²) in [5.74, 6) is 0.212. The van der Waals surface area contributed by atoms with Crippen LogP contribution in [-0.2, 0) is 17.6 Å². The van der Waals surface area contributed by atoms with Crippen molar-refractivity contribution >= 4 is 5.91 Å². The van der Waals surface area contributed by atoms with Crippen LogP contribution in [0, 0.1) is 0 Å². The van der Waals surface area contributed by atoms with Gasteiger partial charge in [-0.05, 0) is 29.5 Å². The van der Waals surface area contributed by atoms with Gasteiger partial charge in [0.15, 0.2) is 0 Å². The number of carbonyl (C=O) groups is 1. The Labute approximate surface area is 158 Å². The van der Waals surface area contributed by atoms with Crippen LogP contribution in [0.25, 0.3) is 11.1 Å². The third-order valence-electron chi connectivity index (χ3n) is 5.82. The fraction of sp³-hybridized carbons (Fsp3) is 0.261. The van der Waals surface area contributed by atoms with Crippen LogP contribution in [0.15, 0.2) is 67.1 Å². The van der Waals surface area contributed by atoms with Gasteiger partial charge in [0.05, 0.1) is 18.2 Å². The normalized spacial score (nSPS) is 20.4. The largest absolute Gasteiger partial charge is 0.332 e. The summed E-state index contributed by atoms with van der Waals surface area (Å²) in [6.07, 6.45) is 6.88. The van der Waals surface area contributed by atoms with Gasteiger partial charge in [0.2, 0.25) is 5.91 Å². The van der Waals surface area contributed by atoms with Crippen molar-refractivity contribution in [1.29, 1.82) is 0 Å². The van der Waals surface area contributed by atoms with Crippen molar-refractivity contribution in [3.8, 4) is 11.1 Å². The van der Waals surface area contributed by atoms with Crippen LogP contribution in [0.4, 0.5) is 0 Å². The average molecular weight is 355 g/mol. The first kappa shape index (κ1) is 16.2. The number of hydrogen-bond donors (Lipinski definition) is 0. The summed E-state index contributed by atoms with van der Waals surface area (Å²) in [5.41, 5.74) is 5.69. The predicted molar refractivity (Wildman–Crippen MR) is 104 cm³/mol. The molecule has 5 rings (SSSR count). The number of amides is 1. The monoisotopic (exact) mass is 355 g/mol. The van der Waals surface area contributed by atoms with Crippen molar-refractivity contribution in [2.24, 2.45) is 0 Å². The van der Waals surface area contributed by atoms with Crippen molar-refractivity contribution in [3.05, 3.63) is 83.9 Å². The molecule has 2 atom stereocenters. The number of hydrogen-bond acceptors (Lipinski definition) is 3. The zero-order valence-electron chi connectivity index (χ0n) is 15.1. The topological polar surface area (TPSA) is 46.1 Å². The van der Waals surface area contributed by atoms with Gasteiger partial charge in [-0.15, -0.1) is 0 Å². The SMILES string of the molecule is O=C(Cc1ccc(-c2ccccc2)cc1)N1C2CCC1c1cncnc1C2. The van der Waals surface area contributed by atoms with Crippen molar-refractivity contribution in [1.82, 2.24) is 14.9 Å². The molecular weight excluding hydrogens is 334 g/mol. The molecule has 4 heteroatoms. The Morgan fingerprint density at radius 1 is 1.00 bits per heavy atom. The molecule has 2 aliphatic rings. The lowest BCUT2D eigenvalue weighted by molar-refractivity contribution is -0.134. The minimum absolute atomic E-state index is 0.149. The molecule has 134 valence electrons. The summed E-state index contributed by atoms with van der Waals surface area (Å²) in [7, 11) is 0. The van der Waals surface area contributed by atoms with E-state index in [1.165, 1.54) is 11.1 Å². The summed E-state index contributed by atoms with van der Waals surface area (Å²) >= 11 is 0. The summed E-state index contributed by atoms with van der Waals surface area (Å²) in [5, 5.41) is 0. The third kappa shape index (κ3) is 2.91. The maximum absolute atomic E-state index is 13.1. The molecule has 0 N–H and O–H groups in total. The number of benzene rings is 2. The molecule has 2 bridgehead atoms. The van der Waals surface area contributed by atoms with E-state index < -0.39 is 0 Å². The van der Waals surface area contributed by atoms with E-state index in [1.807, 2.05) is 24.4 Å². The van der Waals surface area contributed by atoms with Gasteiger partial charge in [-0.25, -0.2) is 9.97 Å². The minimum Gasteiger partial charge on any atom is -0.332 e. The van der Waals surface area contributed by atoms with Crippen LogP contribution < -0.4 is 0 Å². The molecule has 2 aromatic carbocycles. The molecule has 0 spiro atoms. The van der Waals surface area contributed by atoms with E-state index in [0.717, 1.165) is 36.1 Å². The molecule has 0 saturated carbocycles. The molecule has 2 unspecified atom stereocenters. The molecule has 1 fully saturated rings. The summed E-state index contributed by atoms with van der Waals surface area (Å²) in [6, 6.07) is 19.1. The maximum Gasteiger partial charge on any atom is 0.227 e. The molecular formula is C23H21N3O. The first-order valence-electron chi connectivity index (χ1n) is 9.54. The lowest BCUT2D eigenvalue weighted by Gasteiger charge is -2.35. The maximum atomic E-state index is 13.1. The number of nitrogens with zero attached hydrogens (tertiary/aromatic N) is 3. The van der Waals surface area contributed by atoms with Crippen molar-refractivity contribution < 1.29 is 4.79 Å². The smallest absolute Gasteiger partial charge is 0.227 e. The van der Waals surface area contributed by atoms with Gasteiger partial charge in [-0.3, -0.25) is 4.79 Å². The summed E-state index contributed by atoms with van der Waals surface area (Å²) in [6.45, 7) is 0. The Kier molecular flexibility index (Phi) is 3.97. The fourth-order valence-electron chi connectivity index (χ4n) is 4.52. The molecule has 0 radical (unpaired) electrons. The van der Waals surface area contributed by atoms with Gasteiger partial charge < -0.3 is 4.90 Å². The molecule has 1 aromatic heterocycles. The predicted octanol–water partition coefficient (Wildman–Crippen LogP) is 3.97. The Hall–Kier alpha value is -3.01. The lowest BCUT2D eigenvalue weighted by atomic mass is 9.98. The molecule has 2 aliphatic heterocycles. The van der Waals surface area contributed by atoms with Crippen LogP contribution in [0.1, 0.15) is 35.7 Å². The number of fused-ring (bicyclic) bond motifs is 4. The van der Waals surface area contributed by atoms with Crippen molar-refractivity contribution in [2.75, 3.05) is 0 Å². The highest BCUT2D eigenvalue weighted by Crippen LogP contribution is 2.42. The number of rotatable bonds is 3. The van der Waals surface area contributed by atoms with Crippen molar-refractivity contribution in [3.63, 3.8) is 0 Å². The van der Waals surface area contributed by atoms with E-state index in [4.69, 9.17) is 0 Å². The van der Waals surface area contributed by atoms with Gasteiger partial charge in [0.1, 0.15) is 6.33 Å². The van der Waals surface area contributed by atoms with Crippen LogP contribution >= 0.6 is 0 Å². The van der Waals surface area contributed by atoms with E-state index in [2.05, 4.69) is 51.3 Å². The van der Waals surface area contributed by atoms with Gasteiger partial charge in [0, 0.05) is 24.2 Å². The van der Waals surface area contributed by atoms with Gasteiger partial charge in [-0.2, -0.15) is 0 Å². The van der Waals surface area contributed by atoms with Gasteiger partial charge >= 0.3 is 0 Å². The van der Waals surface area contributed by atoms with E-state index in [1.54, 1.807) is 6.33 Å². The summed E-state index contributed by atoms with van der Waals surface area (Å²) < 4.78 is 0. The summed E-state index contributed by atoms with van der Waals surface area (Å²) in [4.78, 5) is 23.8. The number of aromatic nitrogens is 2. The first-order valence-corrected chi connectivity index (χ1v) is 9.54. The second kappa shape index (κ2) is 6.62. The average Bonchev–Trinajstić information content (AvgIpc) is 3.04. The number of carbonyl (C=O) groups excluding carboxylic acids is 1. The standard InChI is InChI=1S/C23H21N3O/c27-23(12-16-6-8-18(9-7-16)17-4-2-1-3-5-17)26-19-10-11-22(26)20-14-24-15-25-21(20)13-19/h1-9,14-15,19,22H,10-13H2. The Morgan fingerprint density at radius 3 is 2.59 bits per heavy atom. The highest BCUT2D eigenvalue weighted by Gasteiger charge is 2.42. The van der Waals surface area contributed by atoms with Crippen LogP contribution in [0.3, 0.4) is 0 Å². The zero-order chi connectivity index (χ0) is 18.2. The zero-order valence-corrected chi connectivity index (χ0v) is 15.1. The van der Waals surface area contributed by atoms with Gasteiger partial charge in [-0.1, -0.05) is 54.6 Å². The van der Waals surface area contributed by atoms with Crippen LogP contribution in [-0.4, -0.2) is 26.8 Å². The van der Waals surface area contributed by atoms with E-state index in [-0.39, 0.29) is 18.0 Å². The van der Waals surface area contributed by atoms with Crippen LogP contribution in [0.2, 0.25) is 0 Å². The van der Waals surface area contributed by atoms with E-state index in [9.17, 15) is 4.79 Å². The molecule has 1 amide bonds. The molecule has 3 heterocycles. The molecule has 4 nitrogen and oxygen atoms in total. The minimum atomic E-state index is 0.149. The quantitative estimate of drug-likeness (QED) is 0.714. The molecule has 27 heavy (non-hydrogen) atoms. The molecule has 0 aliphatic carbocycles. The third-order valence-corrected chi connectivity index (χ3v) is 5.82. The second-order valence-electron chi connectivity index (χ2n) is 7.42. The van der Waals surface area contributed by atoms with E-state index in [0.29, 0.717) is 6.42 Å². The Morgan fingerprint density at radius 2 is 1.78 bits per heavy atom. The molecule has 1 saturated heterocycles. The highest BCUT2D eigenvalue weighted by atomic mass is 16.2. The first-order chi connectivity index (χ1) is 13.3. The van der Waals surface area contributed by atoms with E-state index >= 15 is 0 Å². The molecule has 3 aromatic rings. The van der Waals surface area contributed by atoms with Crippen LogP contribution in [0.5, 0.6) is 0 Å². The van der Waals surface area contributed by atoms with Gasteiger partial charge in [0.25, 0.3) is 0 Å². The Bertz CT molecular complexity index is 968. The second-order valence-corrected chi connectivity index (χ2v) is 7.42. The fourth-order valence-corrected chi connectivity index (χ4v) is 4.52. The highest BCUT2D eigenvalue weighted by molar-refractivity contribution is 5.80.